The van der Waals surface area contributed by atoms with Crippen molar-refractivity contribution >= 4 is 26.8 Å². The zero-order valence-electron chi connectivity index (χ0n) is 9.70. The number of pyridine rings is 1. The Morgan fingerprint density at radius 1 is 1.25 bits per heavy atom. The van der Waals surface area contributed by atoms with Crippen molar-refractivity contribution in [2.75, 3.05) is 5.33 Å². The molecule has 0 saturated carbocycles. The van der Waals surface area contributed by atoms with Gasteiger partial charge >= 0.3 is 0 Å². The first kappa shape index (κ1) is 11.6. The molecule has 0 saturated heterocycles. The summed E-state index contributed by atoms with van der Waals surface area (Å²) in [5.41, 5.74) is 3.56. The molecule has 84 valence electrons. The standard InChI is InChI=1S/C14H16BrN/c1-10(9-15)7-12-4-6-14-13(8-12)5-3-11(2)16-14/h3-6,8,10H,7,9H2,1-2H3. The van der Waals surface area contributed by atoms with Crippen molar-refractivity contribution in [1.29, 1.82) is 0 Å². The van der Waals surface area contributed by atoms with Crippen LogP contribution in [0, 0.1) is 12.8 Å². The molecule has 1 nitrogen and oxygen atoms in total. The minimum absolute atomic E-state index is 0.677. The van der Waals surface area contributed by atoms with E-state index in [0.29, 0.717) is 5.92 Å². The third-order valence-electron chi connectivity index (χ3n) is 2.74. The fourth-order valence-corrected chi connectivity index (χ4v) is 2.09. The maximum Gasteiger partial charge on any atom is 0.0705 e. The molecule has 2 rings (SSSR count). The Bertz CT molecular complexity index is 493. The number of hydrogen-bond donors (Lipinski definition) is 0. The fraction of sp³-hybridized carbons (Fsp3) is 0.357. The number of hydrogen-bond acceptors (Lipinski definition) is 1. The molecule has 0 bridgehead atoms. The smallest absolute Gasteiger partial charge is 0.0705 e. The Hall–Kier alpha value is -0.890. The summed E-state index contributed by atoms with van der Waals surface area (Å²) < 4.78 is 0. The van der Waals surface area contributed by atoms with Crippen LogP contribution in [0.15, 0.2) is 30.3 Å². The van der Waals surface area contributed by atoms with Gasteiger partial charge in [0.15, 0.2) is 0 Å². The molecule has 0 radical (unpaired) electrons. The minimum Gasteiger partial charge on any atom is -0.253 e. The maximum absolute atomic E-state index is 4.51. The van der Waals surface area contributed by atoms with Gasteiger partial charge in [-0.2, -0.15) is 0 Å². The Morgan fingerprint density at radius 2 is 2.06 bits per heavy atom. The number of aryl methyl sites for hydroxylation is 1. The van der Waals surface area contributed by atoms with Crippen LogP contribution in [0.5, 0.6) is 0 Å². The number of nitrogens with zero attached hydrogens (tertiary/aromatic N) is 1. The van der Waals surface area contributed by atoms with Gasteiger partial charge in [0.05, 0.1) is 5.52 Å². The van der Waals surface area contributed by atoms with E-state index in [9.17, 15) is 0 Å². The quantitative estimate of drug-likeness (QED) is 0.770. The van der Waals surface area contributed by atoms with E-state index in [2.05, 4.69) is 58.2 Å². The van der Waals surface area contributed by atoms with Gasteiger partial charge in [-0.1, -0.05) is 35.0 Å². The van der Waals surface area contributed by atoms with Gasteiger partial charge in [0.2, 0.25) is 0 Å². The second-order valence-electron chi connectivity index (χ2n) is 4.44. The van der Waals surface area contributed by atoms with E-state index in [4.69, 9.17) is 0 Å². The van der Waals surface area contributed by atoms with Crippen LogP contribution in [0.4, 0.5) is 0 Å². The van der Waals surface area contributed by atoms with Gasteiger partial charge in [0, 0.05) is 16.4 Å². The summed E-state index contributed by atoms with van der Waals surface area (Å²) in [6.45, 7) is 4.28. The predicted molar refractivity (Wildman–Crippen MR) is 73.1 cm³/mol. The van der Waals surface area contributed by atoms with Crippen molar-refractivity contribution in [2.45, 2.75) is 20.3 Å². The first-order valence-electron chi connectivity index (χ1n) is 5.61. The van der Waals surface area contributed by atoms with Crippen LogP contribution < -0.4 is 0 Å². The number of fused-ring (bicyclic) bond motifs is 1. The maximum atomic E-state index is 4.51. The normalized spacial score (nSPS) is 12.9. The van der Waals surface area contributed by atoms with Gasteiger partial charge in [0.1, 0.15) is 0 Å². The molecule has 1 aromatic carbocycles. The Morgan fingerprint density at radius 3 is 2.81 bits per heavy atom. The molecule has 0 aliphatic carbocycles. The third-order valence-corrected chi connectivity index (χ3v) is 3.85. The van der Waals surface area contributed by atoms with Crippen molar-refractivity contribution in [3.63, 3.8) is 0 Å². The first-order chi connectivity index (χ1) is 7.69. The molecular formula is C14H16BrN. The fourth-order valence-electron chi connectivity index (χ4n) is 1.86. The van der Waals surface area contributed by atoms with Gasteiger partial charge in [-0.3, -0.25) is 4.98 Å². The molecule has 0 amide bonds. The lowest BCUT2D eigenvalue weighted by Crippen LogP contribution is -2.00. The van der Waals surface area contributed by atoms with E-state index in [-0.39, 0.29) is 0 Å². The average molecular weight is 278 g/mol. The van der Waals surface area contributed by atoms with Crippen molar-refractivity contribution < 1.29 is 0 Å². The van der Waals surface area contributed by atoms with Gasteiger partial charge in [-0.05, 0) is 43.0 Å². The second-order valence-corrected chi connectivity index (χ2v) is 5.09. The van der Waals surface area contributed by atoms with Crippen molar-refractivity contribution in [2.24, 2.45) is 5.92 Å². The molecular weight excluding hydrogens is 262 g/mol. The topological polar surface area (TPSA) is 12.9 Å². The van der Waals surface area contributed by atoms with E-state index < -0.39 is 0 Å². The van der Waals surface area contributed by atoms with Gasteiger partial charge in [-0.15, -0.1) is 0 Å². The summed E-state index contributed by atoms with van der Waals surface area (Å²) in [6, 6.07) is 10.8. The summed E-state index contributed by atoms with van der Waals surface area (Å²) in [6.07, 6.45) is 1.12. The summed E-state index contributed by atoms with van der Waals surface area (Å²) in [5, 5.41) is 2.29. The van der Waals surface area contributed by atoms with Crippen LogP contribution in [-0.2, 0) is 6.42 Å². The summed E-state index contributed by atoms with van der Waals surface area (Å²) in [7, 11) is 0. The lowest BCUT2D eigenvalue weighted by molar-refractivity contribution is 0.664. The van der Waals surface area contributed by atoms with E-state index in [0.717, 1.165) is 23.0 Å². The van der Waals surface area contributed by atoms with Crippen LogP contribution in [0.25, 0.3) is 10.9 Å². The highest BCUT2D eigenvalue weighted by molar-refractivity contribution is 9.09. The lowest BCUT2D eigenvalue weighted by Gasteiger charge is -2.08. The monoisotopic (exact) mass is 277 g/mol. The molecule has 0 aliphatic heterocycles. The summed E-state index contributed by atoms with van der Waals surface area (Å²) in [4.78, 5) is 4.51. The van der Waals surface area contributed by atoms with Crippen LogP contribution in [0.1, 0.15) is 18.2 Å². The van der Waals surface area contributed by atoms with Gasteiger partial charge < -0.3 is 0 Å². The first-order valence-corrected chi connectivity index (χ1v) is 6.73. The lowest BCUT2D eigenvalue weighted by atomic mass is 10.0. The average Bonchev–Trinajstić information content (AvgIpc) is 2.29. The molecule has 1 heterocycles. The molecule has 0 fully saturated rings. The van der Waals surface area contributed by atoms with E-state index in [1.54, 1.807) is 0 Å². The highest BCUT2D eigenvalue weighted by atomic mass is 79.9. The molecule has 0 spiro atoms. The molecule has 1 atom stereocenters. The van der Waals surface area contributed by atoms with Crippen molar-refractivity contribution in [3.05, 3.63) is 41.6 Å². The van der Waals surface area contributed by atoms with Crippen LogP contribution in [0.3, 0.4) is 0 Å². The van der Waals surface area contributed by atoms with E-state index in [1.165, 1.54) is 10.9 Å². The summed E-state index contributed by atoms with van der Waals surface area (Å²) >= 11 is 3.52. The molecule has 16 heavy (non-hydrogen) atoms. The largest absolute Gasteiger partial charge is 0.253 e. The van der Waals surface area contributed by atoms with Crippen molar-refractivity contribution in [1.82, 2.24) is 4.98 Å². The number of rotatable bonds is 3. The molecule has 2 aromatic rings. The van der Waals surface area contributed by atoms with Gasteiger partial charge in [0.25, 0.3) is 0 Å². The molecule has 0 N–H and O–H groups in total. The SMILES string of the molecule is Cc1ccc2cc(CC(C)CBr)ccc2n1. The number of halogens is 1. The van der Waals surface area contributed by atoms with Crippen LogP contribution >= 0.6 is 15.9 Å². The predicted octanol–water partition coefficient (Wildman–Crippen LogP) is 4.12. The zero-order valence-corrected chi connectivity index (χ0v) is 11.3. The molecule has 0 aliphatic rings. The van der Waals surface area contributed by atoms with Crippen LogP contribution in [-0.4, -0.2) is 10.3 Å². The molecule has 1 aromatic heterocycles. The minimum atomic E-state index is 0.677. The number of alkyl halides is 1. The Labute approximate surface area is 105 Å². The highest BCUT2D eigenvalue weighted by Gasteiger charge is 2.03. The number of benzene rings is 1. The Kier molecular flexibility index (Phi) is 3.59. The zero-order chi connectivity index (χ0) is 11.5. The van der Waals surface area contributed by atoms with Crippen molar-refractivity contribution in [3.8, 4) is 0 Å². The van der Waals surface area contributed by atoms with Crippen LogP contribution in [0.2, 0.25) is 0 Å². The third kappa shape index (κ3) is 2.62. The molecule has 2 heteroatoms. The van der Waals surface area contributed by atoms with Gasteiger partial charge in [-0.25, -0.2) is 0 Å². The Balaban J connectivity index is 2.33. The summed E-state index contributed by atoms with van der Waals surface area (Å²) in [5.74, 6) is 0.677. The molecule has 1 unspecified atom stereocenters. The second kappa shape index (κ2) is 4.96. The van der Waals surface area contributed by atoms with E-state index in [1.807, 2.05) is 6.92 Å². The van der Waals surface area contributed by atoms with E-state index >= 15 is 0 Å². The highest BCUT2D eigenvalue weighted by Crippen LogP contribution is 2.17. The number of aromatic nitrogens is 1.